The molecule has 1 heterocycles. The predicted molar refractivity (Wildman–Crippen MR) is 92.4 cm³/mol. The number of amides is 2. The Morgan fingerprint density at radius 2 is 1.91 bits per heavy atom. The first kappa shape index (κ1) is 17.1. The summed E-state index contributed by atoms with van der Waals surface area (Å²) in [6.45, 7) is 4.36. The first-order valence-corrected chi connectivity index (χ1v) is 8.49. The third-order valence-corrected chi connectivity index (χ3v) is 4.24. The Bertz CT molecular complexity index is 665. The molecular formula is C17H21N3O2S. The molecule has 0 aliphatic heterocycles. The third-order valence-electron chi connectivity index (χ3n) is 3.33. The maximum atomic E-state index is 11.9. The first-order valence-electron chi connectivity index (χ1n) is 7.68. The van der Waals surface area contributed by atoms with Gasteiger partial charge in [-0.2, -0.15) is 0 Å². The van der Waals surface area contributed by atoms with Crippen molar-refractivity contribution in [1.29, 1.82) is 0 Å². The zero-order valence-electron chi connectivity index (χ0n) is 13.4. The quantitative estimate of drug-likeness (QED) is 0.799. The molecule has 122 valence electrons. The summed E-state index contributed by atoms with van der Waals surface area (Å²) in [7, 11) is 0. The molecule has 0 aliphatic rings. The normalized spacial score (nSPS) is 10.3. The number of anilines is 1. The van der Waals surface area contributed by atoms with Gasteiger partial charge in [-0.1, -0.05) is 25.5 Å². The van der Waals surface area contributed by atoms with E-state index in [0.29, 0.717) is 12.2 Å². The molecule has 0 bridgehead atoms. The molecule has 5 nitrogen and oxygen atoms in total. The van der Waals surface area contributed by atoms with E-state index in [1.54, 1.807) is 6.20 Å². The number of nitrogens with one attached hydrogen (secondary N) is 2. The molecule has 2 amide bonds. The number of unbranched alkanes of at least 4 members (excludes halogenated alkanes) is 1. The van der Waals surface area contributed by atoms with Gasteiger partial charge in [0, 0.05) is 16.8 Å². The van der Waals surface area contributed by atoms with Crippen molar-refractivity contribution in [3.8, 4) is 0 Å². The van der Waals surface area contributed by atoms with E-state index in [0.717, 1.165) is 29.1 Å². The van der Waals surface area contributed by atoms with Gasteiger partial charge in [0.25, 0.3) is 0 Å². The average Bonchev–Trinajstić information content (AvgIpc) is 2.97. The highest BCUT2D eigenvalue weighted by Crippen LogP contribution is 2.12. The third kappa shape index (κ3) is 5.49. The minimum Gasteiger partial charge on any atom is -0.343 e. The minimum absolute atomic E-state index is 0.313. The molecule has 23 heavy (non-hydrogen) atoms. The highest BCUT2D eigenvalue weighted by molar-refractivity contribution is 7.11. The highest BCUT2D eigenvalue weighted by Gasteiger charge is 2.13. The number of aromatic nitrogens is 1. The number of nitrogens with zero attached hydrogens (tertiary/aromatic N) is 1. The van der Waals surface area contributed by atoms with Crippen molar-refractivity contribution in [2.75, 3.05) is 5.32 Å². The second-order valence-electron chi connectivity index (χ2n) is 5.28. The number of carbonyl (C=O) groups is 2. The van der Waals surface area contributed by atoms with Crippen LogP contribution >= 0.6 is 11.3 Å². The van der Waals surface area contributed by atoms with Crippen molar-refractivity contribution in [2.24, 2.45) is 0 Å². The van der Waals surface area contributed by atoms with E-state index in [4.69, 9.17) is 0 Å². The van der Waals surface area contributed by atoms with Crippen LogP contribution in [0.2, 0.25) is 0 Å². The standard InChI is InChI=1S/C17H21N3O2S/c1-3-4-5-13-6-8-14(9-7-13)20-17(22)16(21)19-11-15-10-18-12(2)23-15/h6-10H,3-5,11H2,1-2H3,(H,19,21)(H,20,22). The summed E-state index contributed by atoms with van der Waals surface area (Å²) in [5, 5.41) is 6.13. The van der Waals surface area contributed by atoms with Crippen LogP contribution < -0.4 is 10.6 Å². The monoisotopic (exact) mass is 331 g/mol. The lowest BCUT2D eigenvalue weighted by Gasteiger charge is -2.07. The number of carbonyl (C=O) groups excluding carboxylic acids is 2. The van der Waals surface area contributed by atoms with E-state index in [1.165, 1.54) is 16.9 Å². The molecule has 6 heteroatoms. The van der Waals surface area contributed by atoms with Crippen LogP contribution in [0.4, 0.5) is 5.69 Å². The van der Waals surface area contributed by atoms with Crippen LogP contribution in [-0.4, -0.2) is 16.8 Å². The number of thiazole rings is 1. The summed E-state index contributed by atoms with van der Waals surface area (Å²) in [4.78, 5) is 28.7. The summed E-state index contributed by atoms with van der Waals surface area (Å²) in [5.41, 5.74) is 1.86. The van der Waals surface area contributed by atoms with Gasteiger partial charge in [0.2, 0.25) is 0 Å². The number of aryl methyl sites for hydroxylation is 2. The van der Waals surface area contributed by atoms with Gasteiger partial charge in [-0.25, -0.2) is 4.98 Å². The van der Waals surface area contributed by atoms with Crippen molar-refractivity contribution >= 4 is 28.8 Å². The maximum absolute atomic E-state index is 11.9. The topological polar surface area (TPSA) is 71.1 Å². The van der Waals surface area contributed by atoms with Crippen LogP contribution in [0, 0.1) is 6.92 Å². The molecule has 2 rings (SSSR count). The molecule has 0 saturated heterocycles. The summed E-state index contributed by atoms with van der Waals surface area (Å²) in [6, 6.07) is 7.60. The average molecular weight is 331 g/mol. The van der Waals surface area contributed by atoms with Crippen LogP contribution in [0.15, 0.2) is 30.5 Å². The largest absolute Gasteiger partial charge is 0.343 e. The highest BCUT2D eigenvalue weighted by atomic mass is 32.1. The van der Waals surface area contributed by atoms with Crippen molar-refractivity contribution in [2.45, 2.75) is 39.7 Å². The van der Waals surface area contributed by atoms with E-state index >= 15 is 0 Å². The number of benzene rings is 1. The molecule has 0 aliphatic carbocycles. The molecule has 1 aromatic heterocycles. The second-order valence-corrected chi connectivity index (χ2v) is 6.60. The Kier molecular flexibility index (Phi) is 6.29. The van der Waals surface area contributed by atoms with E-state index in [1.807, 2.05) is 31.2 Å². The van der Waals surface area contributed by atoms with Crippen molar-refractivity contribution < 1.29 is 9.59 Å². The second kappa shape index (κ2) is 8.43. The predicted octanol–water partition coefficient (Wildman–Crippen LogP) is 3.05. The minimum atomic E-state index is -0.660. The number of hydrogen-bond donors (Lipinski definition) is 2. The molecule has 2 N–H and O–H groups in total. The maximum Gasteiger partial charge on any atom is 0.313 e. The number of rotatable bonds is 6. The zero-order chi connectivity index (χ0) is 16.7. The van der Waals surface area contributed by atoms with Gasteiger partial charge in [0.05, 0.1) is 11.6 Å². The van der Waals surface area contributed by atoms with Crippen LogP contribution in [0.5, 0.6) is 0 Å². The van der Waals surface area contributed by atoms with E-state index in [2.05, 4.69) is 22.5 Å². The van der Waals surface area contributed by atoms with Gasteiger partial charge in [-0.3, -0.25) is 9.59 Å². The molecule has 0 spiro atoms. The summed E-state index contributed by atoms with van der Waals surface area (Å²) in [6.07, 6.45) is 5.02. The van der Waals surface area contributed by atoms with Crippen molar-refractivity contribution in [3.63, 3.8) is 0 Å². The van der Waals surface area contributed by atoms with Crippen LogP contribution in [0.3, 0.4) is 0 Å². The smallest absolute Gasteiger partial charge is 0.313 e. The van der Waals surface area contributed by atoms with Crippen molar-refractivity contribution in [3.05, 3.63) is 45.9 Å². The van der Waals surface area contributed by atoms with Gasteiger partial charge >= 0.3 is 11.8 Å². The fourth-order valence-electron chi connectivity index (χ4n) is 2.06. The van der Waals surface area contributed by atoms with Crippen molar-refractivity contribution in [1.82, 2.24) is 10.3 Å². The van der Waals surface area contributed by atoms with E-state index < -0.39 is 11.8 Å². The SMILES string of the molecule is CCCCc1ccc(NC(=O)C(=O)NCc2cnc(C)s2)cc1. The molecule has 0 saturated carbocycles. The van der Waals surface area contributed by atoms with Gasteiger partial charge in [0.15, 0.2) is 0 Å². The molecule has 1 aromatic carbocycles. The molecule has 0 atom stereocenters. The number of hydrogen-bond acceptors (Lipinski definition) is 4. The molecule has 0 fully saturated rings. The first-order chi connectivity index (χ1) is 11.1. The zero-order valence-corrected chi connectivity index (χ0v) is 14.2. The Morgan fingerprint density at radius 3 is 2.52 bits per heavy atom. The van der Waals surface area contributed by atoms with Gasteiger partial charge < -0.3 is 10.6 Å². The van der Waals surface area contributed by atoms with Gasteiger partial charge in [0.1, 0.15) is 0 Å². The summed E-state index contributed by atoms with van der Waals surface area (Å²) < 4.78 is 0. The lowest BCUT2D eigenvalue weighted by molar-refractivity contribution is -0.136. The molecule has 2 aromatic rings. The summed E-state index contributed by atoms with van der Waals surface area (Å²) in [5.74, 6) is -1.31. The Balaban J connectivity index is 1.81. The van der Waals surface area contributed by atoms with E-state index in [9.17, 15) is 9.59 Å². The summed E-state index contributed by atoms with van der Waals surface area (Å²) >= 11 is 1.50. The Morgan fingerprint density at radius 1 is 1.17 bits per heavy atom. The Hall–Kier alpha value is -2.21. The Labute approximate surface area is 140 Å². The van der Waals surface area contributed by atoms with Gasteiger partial charge in [-0.15, -0.1) is 11.3 Å². The molecule has 0 unspecified atom stereocenters. The fraction of sp³-hybridized carbons (Fsp3) is 0.353. The fourth-order valence-corrected chi connectivity index (χ4v) is 2.79. The molecule has 0 radical (unpaired) electrons. The lowest BCUT2D eigenvalue weighted by atomic mass is 10.1. The van der Waals surface area contributed by atoms with Crippen LogP contribution in [0.1, 0.15) is 35.2 Å². The van der Waals surface area contributed by atoms with Gasteiger partial charge in [-0.05, 0) is 37.5 Å². The van der Waals surface area contributed by atoms with Crippen LogP contribution in [0.25, 0.3) is 0 Å². The van der Waals surface area contributed by atoms with E-state index in [-0.39, 0.29) is 0 Å². The lowest BCUT2D eigenvalue weighted by Crippen LogP contribution is -2.34. The molecular weight excluding hydrogens is 310 g/mol. The van der Waals surface area contributed by atoms with Crippen LogP contribution in [-0.2, 0) is 22.6 Å².